The van der Waals surface area contributed by atoms with Crippen LogP contribution in [0.25, 0.3) is 0 Å². The Balaban J connectivity index is 3.86. The van der Waals surface area contributed by atoms with Gasteiger partial charge in [-0.25, -0.2) is 0 Å². The maximum atomic E-state index is 11.5. The molecule has 2 nitrogen and oxygen atoms in total. The summed E-state index contributed by atoms with van der Waals surface area (Å²) >= 11 is 0.371. The monoisotopic (exact) mass is 264 g/mol. The van der Waals surface area contributed by atoms with Crippen LogP contribution in [0.2, 0.25) is 10.1 Å². The SMILES string of the molecule is C=CCC([Se]CCCC)C(=O)OCC. The molecule has 0 aromatic rings. The number of carbonyl (C=O) groups is 1. The van der Waals surface area contributed by atoms with Gasteiger partial charge in [-0.1, -0.05) is 0 Å². The average molecular weight is 263 g/mol. The van der Waals surface area contributed by atoms with Gasteiger partial charge in [-0.3, -0.25) is 0 Å². The van der Waals surface area contributed by atoms with E-state index < -0.39 is 0 Å². The Hall–Kier alpha value is -0.271. The van der Waals surface area contributed by atoms with Crippen LogP contribution in [-0.4, -0.2) is 27.5 Å². The van der Waals surface area contributed by atoms with E-state index in [9.17, 15) is 4.79 Å². The molecule has 0 aromatic heterocycles. The van der Waals surface area contributed by atoms with Gasteiger partial charge in [0.05, 0.1) is 0 Å². The minimum absolute atomic E-state index is 0.0384. The Morgan fingerprint density at radius 1 is 1.57 bits per heavy atom. The van der Waals surface area contributed by atoms with Crippen molar-refractivity contribution in [3.8, 4) is 0 Å². The van der Waals surface area contributed by atoms with Crippen molar-refractivity contribution in [2.45, 2.75) is 43.2 Å². The second kappa shape index (κ2) is 9.29. The van der Waals surface area contributed by atoms with Gasteiger partial charge in [0.1, 0.15) is 0 Å². The van der Waals surface area contributed by atoms with Crippen LogP contribution in [0, 0.1) is 0 Å². The molecule has 0 bridgehead atoms. The number of esters is 1. The summed E-state index contributed by atoms with van der Waals surface area (Å²) in [5.41, 5.74) is 0. The molecule has 0 amide bonds. The molecule has 0 saturated heterocycles. The summed E-state index contributed by atoms with van der Waals surface area (Å²) in [5.74, 6) is -0.0384. The standard InChI is InChI=1S/C11H20O2Se/c1-4-7-9-14-10(8-5-2)11(12)13-6-3/h5,10H,2,4,6-9H2,1,3H3. The number of rotatable bonds is 8. The van der Waals surface area contributed by atoms with E-state index in [1.807, 2.05) is 13.0 Å². The maximum absolute atomic E-state index is 11.5. The summed E-state index contributed by atoms with van der Waals surface area (Å²) in [6.07, 6.45) is 5.00. The van der Waals surface area contributed by atoms with Gasteiger partial charge < -0.3 is 0 Å². The molecule has 0 spiro atoms. The topological polar surface area (TPSA) is 26.3 Å². The summed E-state index contributed by atoms with van der Waals surface area (Å²) in [4.78, 5) is 11.6. The van der Waals surface area contributed by atoms with Crippen LogP contribution in [0.3, 0.4) is 0 Å². The summed E-state index contributed by atoms with van der Waals surface area (Å²) < 4.78 is 5.02. The second-order valence-electron chi connectivity index (χ2n) is 2.99. The predicted octanol–water partition coefficient (Wildman–Crippen LogP) is 2.84. The molecule has 0 rings (SSSR count). The van der Waals surface area contributed by atoms with Crippen LogP contribution in [0.15, 0.2) is 12.7 Å². The van der Waals surface area contributed by atoms with E-state index in [-0.39, 0.29) is 10.8 Å². The van der Waals surface area contributed by atoms with Crippen molar-refractivity contribution in [2.75, 3.05) is 6.61 Å². The van der Waals surface area contributed by atoms with Gasteiger partial charge in [-0.2, -0.15) is 0 Å². The van der Waals surface area contributed by atoms with Gasteiger partial charge in [0.15, 0.2) is 0 Å². The Labute approximate surface area is 93.3 Å². The van der Waals surface area contributed by atoms with Gasteiger partial charge in [-0.05, 0) is 0 Å². The normalized spacial score (nSPS) is 12.1. The van der Waals surface area contributed by atoms with Crippen LogP contribution in [0.4, 0.5) is 0 Å². The molecular formula is C11H20O2Se. The van der Waals surface area contributed by atoms with Gasteiger partial charge in [0.25, 0.3) is 0 Å². The van der Waals surface area contributed by atoms with E-state index in [2.05, 4.69) is 13.5 Å². The summed E-state index contributed by atoms with van der Waals surface area (Å²) in [5, 5.41) is 1.17. The summed E-state index contributed by atoms with van der Waals surface area (Å²) in [6.45, 7) is 8.17. The first-order valence-electron chi connectivity index (χ1n) is 5.15. The van der Waals surface area contributed by atoms with Crippen molar-refractivity contribution < 1.29 is 9.53 Å². The van der Waals surface area contributed by atoms with Crippen LogP contribution in [-0.2, 0) is 9.53 Å². The van der Waals surface area contributed by atoms with Crippen LogP contribution in [0.1, 0.15) is 33.1 Å². The van der Waals surface area contributed by atoms with E-state index in [4.69, 9.17) is 4.74 Å². The molecule has 0 saturated carbocycles. The Morgan fingerprint density at radius 3 is 2.79 bits per heavy atom. The number of hydrogen-bond donors (Lipinski definition) is 0. The van der Waals surface area contributed by atoms with Crippen molar-refractivity contribution in [1.82, 2.24) is 0 Å². The van der Waals surface area contributed by atoms with E-state index in [1.54, 1.807) is 0 Å². The van der Waals surface area contributed by atoms with Gasteiger partial charge in [0, 0.05) is 0 Å². The zero-order chi connectivity index (χ0) is 10.8. The van der Waals surface area contributed by atoms with Crippen molar-refractivity contribution in [2.24, 2.45) is 0 Å². The molecule has 0 aliphatic carbocycles. The summed E-state index contributed by atoms with van der Waals surface area (Å²) in [7, 11) is 0. The van der Waals surface area contributed by atoms with Crippen LogP contribution in [0.5, 0.6) is 0 Å². The van der Waals surface area contributed by atoms with Gasteiger partial charge in [0.2, 0.25) is 0 Å². The molecule has 0 radical (unpaired) electrons. The third-order valence-electron chi connectivity index (χ3n) is 1.75. The molecule has 3 heteroatoms. The third kappa shape index (κ3) is 6.22. The first-order chi connectivity index (χ1) is 6.76. The number of unbranched alkanes of at least 4 members (excludes halogenated alkanes) is 1. The zero-order valence-electron chi connectivity index (χ0n) is 9.12. The Kier molecular flexibility index (Phi) is 9.11. The number of ether oxygens (including phenoxy) is 1. The fourth-order valence-electron chi connectivity index (χ4n) is 0.989. The fraction of sp³-hybridized carbons (Fsp3) is 0.727. The molecule has 0 aliphatic rings. The number of allylic oxidation sites excluding steroid dienone is 1. The fourth-order valence-corrected chi connectivity index (χ4v) is 3.54. The van der Waals surface area contributed by atoms with Crippen LogP contribution < -0.4 is 0 Å². The average Bonchev–Trinajstić information content (AvgIpc) is 2.17. The molecule has 82 valence electrons. The van der Waals surface area contributed by atoms with Crippen molar-refractivity contribution in [3.63, 3.8) is 0 Å². The Bertz CT molecular complexity index is 169. The van der Waals surface area contributed by atoms with Crippen LogP contribution >= 0.6 is 0 Å². The zero-order valence-corrected chi connectivity index (χ0v) is 10.8. The predicted molar refractivity (Wildman–Crippen MR) is 60.7 cm³/mol. The van der Waals surface area contributed by atoms with E-state index >= 15 is 0 Å². The number of hydrogen-bond acceptors (Lipinski definition) is 2. The molecule has 0 aliphatic heterocycles. The quantitative estimate of drug-likeness (QED) is 0.291. The van der Waals surface area contributed by atoms with Crippen molar-refractivity contribution in [1.29, 1.82) is 0 Å². The number of carbonyl (C=O) groups excluding carboxylic acids is 1. The molecular weight excluding hydrogens is 243 g/mol. The minimum atomic E-state index is -0.0384. The van der Waals surface area contributed by atoms with Crippen molar-refractivity contribution in [3.05, 3.63) is 12.7 Å². The second-order valence-corrected chi connectivity index (χ2v) is 5.74. The molecule has 0 N–H and O–H groups in total. The van der Waals surface area contributed by atoms with E-state index in [1.165, 1.54) is 18.2 Å². The molecule has 1 unspecified atom stereocenters. The van der Waals surface area contributed by atoms with E-state index in [0.717, 1.165) is 6.42 Å². The van der Waals surface area contributed by atoms with Gasteiger partial charge >= 0.3 is 93.0 Å². The molecule has 0 fully saturated rings. The molecule has 14 heavy (non-hydrogen) atoms. The molecule has 0 heterocycles. The molecule has 1 atom stereocenters. The van der Waals surface area contributed by atoms with Gasteiger partial charge in [-0.15, -0.1) is 0 Å². The summed E-state index contributed by atoms with van der Waals surface area (Å²) in [6, 6.07) is 0. The third-order valence-corrected chi connectivity index (χ3v) is 4.50. The molecule has 0 aromatic carbocycles. The first kappa shape index (κ1) is 13.7. The van der Waals surface area contributed by atoms with E-state index in [0.29, 0.717) is 21.6 Å². The van der Waals surface area contributed by atoms with Crippen molar-refractivity contribution >= 4 is 20.9 Å². The Morgan fingerprint density at radius 2 is 2.29 bits per heavy atom. The first-order valence-corrected chi connectivity index (χ1v) is 7.35.